The van der Waals surface area contributed by atoms with Crippen LogP contribution in [-0.4, -0.2) is 31.2 Å². The summed E-state index contributed by atoms with van der Waals surface area (Å²) < 4.78 is 30.9. The zero-order valence-electron chi connectivity index (χ0n) is 8.79. The fraction of sp³-hybridized carbons (Fsp3) is 1.00. The lowest BCUT2D eigenvalue weighted by Crippen LogP contribution is -2.39. The molecular weight excluding hydrogens is 176 g/mol. The van der Waals surface area contributed by atoms with E-state index in [-0.39, 0.29) is 6.54 Å². The number of hydrogen-bond acceptors (Lipinski definition) is 2. The van der Waals surface area contributed by atoms with Gasteiger partial charge in [0.2, 0.25) is 0 Å². The summed E-state index contributed by atoms with van der Waals surface area (Å²) >= 11 is 0. The van der Waals surface area contributed by atoms with Crippen LogP contribution in [0.2, 0.25) is 0 Å². The molecule has 0 radical (unpaired) electrons. The molecule has 4 heteroatoms. The maximum atomic E-state index is 13.0. The summed E-state index contributed by atoms with van der Waals surface area (Å²) in [7, 11) is 0. The fourth-order valence-electron chi connectivity index (χ4n) is 0.681. The van der Waals surface area contributed by atoms with Gasteiger partial charge in [-0.25, -0.2) is 8.78 Å². The molecule has 0 unspecified atom stereocenters. The average molecular weight is 195 g/mol. The summed E-state index contributed by atoms with van der Waals surface area (Å²) in [5.41, 5.74) is -0.504. The second-order valence-electron chi connectivity index (χ2n) is 4.04. The van der Waals surface area contributed by atoms with Gasteiger partial charge in [0.15, 0.2) is 0 Å². The molecule has 0 aliphatic rings. The van der Waals surface area contributed by atoms with Crippen molar-refractivity contribution >= 4 is 0 Å². The Morgan fingerprint density at radius 2 is 1.77 bits per heavy atom. The number of rotatable bonds is 5. The van der Waals surface area contributed by atoms with Crippen molar-refractivity contribution in [2.45, 2.75) is 39.2 Å². The second-order valence-corrected chi connectivity index (χ2v) is 4.04. The third-order valence-corrected chi connectivity index (χ3v) is 1.35. The Morgan fingerprint density at radius 3 is 2.15 bits per heavy atom. The van der Waals surface area contributed by atoms with Crippen LogP contribution in [0.25, 0.3) is 0 Å². The smallest absolute Gasteiger partial charge is 0.283 e. The molecule has 0 fully saturated rings. The Bertz CT molecular complexity index is 143. The summed E-state index contributed by atoms with van der Waals surface area (Å²) in [6.07, 6.45) is 0. The van der Waals surface area contributed by atoms with Gasteiger partial charge in [-0.2, -0.15) is 0 Å². The fourth-order valence-corrected chi connectivity index (χ4v) is 0.681. The highest BCUT2D eigenvalue weighted by atomic mass is 19.3. The quantitative estimate of drug-likeness (QED) is 0.725. The van der Waals surface area contributed by atoms with Crippen LogP contribution >= 0.6 is 0 Å². The molecule has 0 rings (SSSR count). The van der Waals surface area contributed by atoms with Gasteiger partial charge in [0.05, 0.1) is 12.1 Å². The molecule has 2 nitrogen and oxygen atoms in total. The van der Waals surface area contributed by atoms with Gasteiger partial charge in [-0.1, -0.05) is 6.92 Å². The Hall–Kier alpha value is -0.220. The predicted molar refractivity (Wildman–Crippen MR) is 49.2 cm³/mol. The lowest BCUT2D eigenvalue weighted by Gasteiger charge is -2.24. The van der Waals surface area contributed by atoms with Gasteiger partial charge in [-0.05, 0) is 27.3 Å². The van der Waals surface area contributed by atoms with E-state index < -0.39 is 18.1 Å². The van der Waals surface area contributed by atoms with E-state index in [4.69, 9.17) is 4.74 Å². The van der Waals surface area contributed by atoms with Gasteiger partial charge in [0.1, 0.15) is 6.61 Å². The molecule has 0 aromatic heterocycles. The molecule has 0 saturated carbocycles. The van der Waals surface area contributed by atoms with Crippen LogP contribution < -0.4 is 5.32 Å². The van der Waals surface area contributed by atoms with Crippen molar-refractivity contribution in [2.75, 3.05) is 19.7 Å². The van der Waals surface area contributed by atoms with Gasteiger partial charge in [0, 0.05) is 0 Å². The Morgan fingerprint density at radius 1 is 1.23 bits per heavy atom. The molecular formula is C9H19F2NO. The largest absolute Gasteiger partial charge is 0.370 e. The number of ether oxygens (including phenoxy) is 1. The minimum Gasteiger partial charge on any atom is -0.370 e. The van der Waals surface area contributed by atoms with Crippen molar-refractivity contribution in [1.29, 1.82) is 0 Å². The first kappa shape index (κ1) is 12.8. The molecule has 0 atom stereocenters. The van der Waals surface area contributed by atoms with Crippen LogP contribution in [0.4, 0.5) is 8.78 Å². The molecule has 1 N–H and O–H groups in total. The third-order valence-electron chi connectivity index (χ3n) is 1.35. The van der Waals surface area contributed by atoms with Crippen LogP contribution in [0, 0.1) is 0 Å². The zero-order chi connectivity index (χ0) is 10.5. The monoisotopic (exact) mass is 195 g/mol. The lowest BCUT2D eigenvalue weighted by atomic mass is 10.2. The number of nitrogens with one attached hydrogen (secondary N) is 1. The van der Waals surface area contributed by atoms with Crippen molar-refractivity contribution < 1.29 is 13.5 Å². The Balaban J connectivity index is 3.75. The van der Waals surface area contributed by atoms with Crippen molar-refractivity contribution in [3.05, 3.63) is 0 Å². The molecule has 13 heavy (non-hydrogen) atoms. The van der Waals surface area contributed by atoms with Crippen molar-refractivity contribution in [2.24, 2.45) is 0 Å². The molecule has 0 bridgehead atoms. The molecule has 0 spiro atoms. The predicted octanol–water partition coefficient (Wildman–Crippen LogP) is 2.05. The summed E-state index contributed by atoms with van der Waals surface area (Å²) in [5, 5.41) is 2.59. The number of alkyl halides is 2. The van der Waals surface area contributed by atoms with E-state index in [1.807, 2.05) is 0 Å². The Kier molecular flexibility index (Phi) is 4.78. The minimum atomic E-state index is -2.77. The zero-order valence-corrected chi connectivity index (χ0v) is 8.79. The highest BCUT2D eigenvalue weighted by Gasteiger charge is 2.30. The summed E-state index contributed by atoms with van der Waals surface area (Å²) in [4.78, 5) is 0. The van der Waals surface area contributed by atoms with E-state index >= 15 is 0 Å². The maximum Gasteiger partial charge on any atom is 0.283 e. The van der Waals surface area contributed by atoms with E-state index in [0.717, 1.165) is 0 Å². The van der Waals surface area contributed by atoms with E-state index in [0.29, 0.717) is 6.54 Å². The van der Waals surface area contributed by atoms with Crippen LogP contribution in [0.3, 0.4) is 0 Å². The first-order valence-electron chi connectivity index (χ1n) is 4.49. The normalized spacial score (nSPS) is 13.4. The summed E-state index contributed by atoms with van der Waals surface area (Å²) in [5.74, 6) is -2.77. The first-order chi connectivity index (χ1) is 5.77. The molecule has 0 aromatic carbocycles. The van der Waals surface area contributed by atoms with Gasteiger partial charge >= 0.3 is 0 Å². The standard InChI is InChI=1S/C9H19F2NO/c1-5-12-6-9(10,11)7-13-8(2,3)4/h12H,5-7H2,1-4H3. The highest BCUT2D eigenvalue weighted by Crippen LogP contribution is 2.17. The summed E-state index contributed by atoms with van der Waals surface area (Å²) in [6.45, 7) is 6.78. The molecule has 0 aliphatic heterocycles. The van der Waals surface area contributed by atoms with Crippen LogP contribution in [0.1, 0.15) is 27.7 Å². The molecule has 0 saturated heterocycles. The van der Waals surface area contributed by atoms with Crippen LogP contribution in [0.15, 0.2) is 0 Å². The average Bonchev–Trinajstić information content (AvgIpc) is 1.97. The number of halogens is 2. The van der Waals surface area contributed by atoms with Gasteiger partial charge in [0.25, 0.3) is 5.92 Å². The van der Waals surface area contributed by atoms with Gasteiger partial charge in [-0.15, -0.1) is 0 Å². The van der Waals surface area contributed by atoms with Crippen molar-refractivity contribution in [3.63, 3.8) is 0 Å². The van der Waals surface area contributed by atoms with Crippen molar-refractivity contribution in [1.82, 2.24) is 5.32 Å². The lowest BCUT2D eigenvalue weighted by molar-refractivity contribution is -0.119. The van der Waals surface area contributed by atoms with Gasteiger partial charge < -0.3 is 10.1 Å². The van der Waals surface area contributed by atoms with E-state index in [9.17, 15) is 8.78 Å². The van der Waals surface area contributed by atoms with Crippen molar-refractivity contribution in [3.8, 4) is 0 Å². The molecule has 0 aliphatic carbocycles. The third kappa shape index (κ3) is 8.12. The molecule has 0 amide bonds. The summed E-state index contributed by atoms with van der Waals surface area (Å²) in [6, 6.07) is 0. The van der Waals surface area contributed by atoms with E-state index in [1.54, 1.807) is 27.7 Å². The van der Waals surface area contributed by atoms with E-state index in [2.05, 4.69) is 5.32 Å². The Labute approximate surface area is 78.7 Å². The minimum absolute atomic E-state index is 0.320. The highest BCUT2D eigenvalue weighted by molar-refractivity contribution is 4.70. The second kappa shape index (κ2) is 4.86. The first-order valence-corrected chi connectivity index (χ1v) is 4.49. The maximum absolute atomic E-state index is 13.0. The molecule has 80 valence electrons. The van der Waals surface area contributed by atoms with E-state index in [1.165, 1.54) is 0 Å². The molecule has 0 aromatic rings. The van der Waals surface area contributed by atoms with Crippen LogP contribution in [0.5, 0.6) is 0 Å². The van der Waals surface area contributed by atoms with Gasteiger partial charge in [-0.3, -0.25) is 0 Å². The topological polar surface area (TPSA) is 21.3 Å². The van der Waals surface area contributed by atoms with Crippen LogP contribution in [-0.2, 0) is 4.74 Å². The SMILES string of the molecule is CCNCC(F)(F)COC(C)(C)C. The molecule has 0 heterocycles. The number of hydrogen-bond donors (Lipinski definition) is 1.